The Bertz CT molecular complexity index is 454. The maximum absolute atomic E-state index is 12.2. The van der Waals surface area contributed by atoms with E-state index in [1.54, 1.807) is 0 Å². The maximum atomic E-state index is 12.2. The Labute approximate surface area is 120 Å². The second-order valence-corrected chi connectivity index (χ2v) is 5.79. The van der Waals surface area contributed by atoms with Gasteiger partial charge in [-0.05, 0) is 52.5 Å². The second-order valence-electron chi connectivity index (χ2n) is 5.79. The number of ether oxygens (including phenoxy) is 1. The Morgan fingerprint density at radius 3 is 2.90 bits per heavy atom. The van der Waals surface area contributed by atoms with E-state index in [0.717, 1.165) is 37.9 Å². The van der Waals surface area contributed by atoms with Crippen molar-refractivity contribution in [1.82, 2.24) is 15.1 Å². The highest BCUT2D eigenvalue weighted by atomic mass is 16.5. The predicted molar refractivity (Wildman–Crippen MR) is 77.4 cm³/mol. The highest BCUT2D eigenvalue weighted by Gasteiger charge is 2.39. The SMILES string of the molecule is CCOC(=O)C(C)(CCCn1ccc(C)n1)NC1CC1. The lowest BCUT2D eigenvalue weighted by atomic mass is 9.95. The van der Waals surface area contributed by atoms with Crippen molar-refractivity contribution in [2.45, 2.75) is 64.6 Å². The summed E-state index contributed by atoms with van der Waals surface area (Å²) in [6, 6.07) is 2.48. The predicted octanol–water partition coefficient (Wildman–Crippen LogP) is 2.05. The monoisotopic (exact) mass is 279 g/mol. The molecule has 20 heavy (non-hydrogen) atoms. The van der Waals surface area contributed by atoms with Crippen LogP contribution in [0.3, 0.4) is 0 Å². The van der Waals surface area contributed by atoms with Crippen molar-refractivity contribution in [2.24, 2.45) is 0 Å². The van der Waals surface area contributed by atoms with Gasteiger partial charge in [0.2, 0.25) is 0 Å². The van der Waals surface area contributed by atoms with Crippen LogP contribution in [0.15, 0.2) is 12.3 Å². The molecular weight excluding hydrogens is 254 g/mol. The molecule has 1 atom stereocenters. The molecule has 1 aliphatic carbocycles. The summed E-state index contributed by atoms with van der Waals surface area (Å²) in [4.78, 5) is 12.2. The second kappa shape index (κ2) is 6.39. The Morgan fingerprint density at radius 2 is 2.35 bits per heavy atom. The molecule has 1 aliphatic rings. The summed E-state index contributed by atoms with van der Waals surface area (Å²) in [5, 5.41) is 7.80. The van der Waals surface area contributed by atoms with E-state index in [-0.39, 0.29) is 5.97 Å². The smallest absolute Gasteiger partial charge is 0.326 e. The molecule has 5 heteroatoms. The molecule has 0 aliphatic heterocycles. The quantitative estimate of drug-likeness (QED) is 0.740. The van der Waals surface area contributed by atoms with Crippen molar-refractivity contribution in [3.05, 3.63) is 18.0 Å². The molecule has 1 fully saturated rings. The first-order valence-corrected chi connectivity index (χ1v) is 7.48. The van der Waals surface area contributed by atoms with Crippen LogP contribution in [0, 0.1) is 6.92 Å². The van der Waals surface area contributed by atoms with Gasteiger partial charge in [0.1, 0.15) is 5.54 Å². The Hall–Kier alpha value is -1.36. The van der Waals surface area contributed by atoms with E-state index in [2.05, 4.69) is 10.4 Å². The van der Waals surface area contributed by atoms with Gasteiger partial charge in [0, 0.05) is 18.8 Å². The lowest BCUT2D eigenvalue weighted by Crippen LogP contribution is -2.51. The van der Waals surface area contributed by atoms with Gasteiger partial charge in [-0.3, -0.25) is 14.8 Å². The van der Waals surface area contributed by atoms with Crippen molar-refractivity contribution in [2.75, 3.05) is 6.61 Å². The van der Waals surface area contributed by atoms with Crippen molar-refractivity contribution in [3.63, 3.8) is 0 Å². The van der Waals surface area contributed by atoms with Gasteiger partial charge < -0.3 is 4.74 Å². The van der Waals surface area contributed by atoms with Crippen LogP contribution in [-0.4, -0.2) is 33.9 Å². The number of carbonyl (C=O) groups excluding carboxylic acids is 1. The number of aromatic nitrogens is 2. The molecule has 0 aromatic carbocycles. The molecule has 1 heterocycles. The number of carbonyl (C=O) groups is 1. The van der Waals surface area contributed by atoms with E-state index < -0.39 is 5.54 Å². The molecule has 0 amide bonds. The zero-order valence-corrected chi connectivity index (χ0v) is 12.7. The van der Waals surface area contributed by atoms with Gasteiger partial charge in [-0.25, -0.2) is 0 Å². The zero-order valence-electron chi connectivity index (χ0n) is 12.7. The van der Waals surface area contributed by atoms with Crippen LogP contribution in [0.4, 0.5) is 0 Å². The number of esters is 1. The number of hydrogen-bond acceptors (Lipinski definition) is 4. The summed E-state index contributed by atoms with van der Waals surface area (Å²) in [6.07, 6.45) is 5.96. The molecule has 1 aromatic heterocycles. The molecule has 0 saturated heterocycles. The maximum Gasteiger partial charge on any atom is 0.326 e. The Morgan fingerprint density at radius 1 is 1.60 bits per heavy atom. The van der Waals surface area contributed by atoms with Gasteiger partial charge >= 0.3 is 5.97 Å². The van der Waals surface area contributed by atoms with E-state index in [0.29, 0.717) is 12.6 Å². The zero-order chi connectivity index (χ0) is 14.6. The lowest BCUT2D eigenvalue weighted by Gasteiger charge is -2.28. The standard InChI is InChI=1S/C15H25N3O2/c1-4-20-14(19)15(3,16-13-6-7-13)9-5-10-18-11-8-12(2)17-18/h8,11,13,16H,4-7,9-10H2,1-3H3. The molecule has 1 aromatic rings. The van der Waals surface area contributed by atoms with Crippen LogP contribution in [0.2, 0.25) is 0 Å². The highest BCUT2D eigenvalue weighted by molar-refractivity contribution is 5.80. The molecule has 5 nitrogen and oxygen atoms in total. The van der Waals surface area contributed by atoms with E-state index in [1.165, 1.54) is 0 Å². The Kier molecular flexibility index (Phi) is 4.81. The van der Waals surface area contributed by atoms with Gasteiger partial charge in [0.05, 0.1) is 12.3 Å². The molecule has 0 bridgehead atoms. The van der Waals surface area contributed by atoms with Crippen molar-refractivity contribution < 1.29 is 9.53 Å². The molecule has 1 N–H and O–H groups in total. The first kappa shape index (κ1) is 15.0. The van der Waals surface area contributed by atoms with Crippen LogP contribution in [-0.2, 0) is 16.1 Å². The van der Waals surface area contributed by atoms with E-state index in [4.69, 9.17) is 4.74 Å². The summed E-state index contributed by atoms with van der Waals surface area (Å²) in [5.41, 5.74) is 0.452. The minimum Gasteiger partial charge on any atom is -0.465 e. The number of rotatable bonds is 8. The molecule has 2 rings (SSSR count). The molecule has 0 spiro atoms. The van der Waals surface area contributed by atoms with Crippen molar-refractivity contribution >= 4 is 5.97 Å². The molecule has 112 valence electrons. The van der Waals surface area contributed by atoms with E-state index in [1.807, 2.05) is 37.7 Å². The first-order valence-electron chi connectivity index (χ1n) is 7.48. The van der Waals surface area contributed by atoms with E-state index in [9.17, 15) is 4.79 Å². The van der Waals surface area contributed by atoms with Gasteiger partial charge in [0.25, 0.3) is 0 Å². The lowest BCUT2D eigenvalue weighted by molar-refractivity contribution is -0.151. The number of nitrogens with one attached hydrogen (secondary N) is 1. The fourth-order valence-electron chi connectivity index (χ4n) is 2.38. The highest BCUT2D eigenvalue weighted by Crippen LogP contribution is 2.26. The summed E-state index contributed by atoms with van der Waals surface area (Å²) in [7, 11) is 0. The Balaban J connectivity index is 1.87. The van der Waals surface area contributed by atoms with Crippen molar-refractivity contribution in [3.8, 4) is 0 Å². The summed E-state index contributed by atoms with van der Waals surface area (Å²) >= 11 is 0. The average molecular weight is 279 g/mol. The topological polar surface area (TPSA) is 56.2 Å². The van der Waals surface area contributed by atoms with Gasteiger partial charge in [-0.1, -0.05) is 0 Å². The van der Waals surface area contributed by atoms with Crippen LogP contribution in [0.25, 0.3) is 0 Å². The van der Waals surface area contributed by atoms with Crippen LogP contribution in [0.5, 0.6) is 0 Å². The largest absolute Gasteiger partial charge is 0.465 e. The third-order valence-electron chi connectivity index (χ3n) is 3.66. The number of nitrogens with zero attached hydrogens (tertiary/aromatic N) is 2. The minimum absolute atomic E-state index is 0.136. The summed E-state index contributed by atoms with van der Waals surface area (Å²) in [6.45, 7) is 7.04. The van der Waals surface area contributed by atoms with Crippen LogP contribution < -0.4 is 5.32 Å². The fraction of sp³-hybridized carbons (Fsp3) is 0.733. The third kappa shape index (κ3) is 4.07. The van der Waals surface area contributed by atoms with Crippen LogP contribution >= 0.6 is 0 Å². The molecule has 0 radical (unpaired) electrons. The van der Waals surface area contributed by atoms with Gasteiger partial charge in [-0.2, -0.15) is 5.10 Å². The van der Waals surface area contributed by atoms with E-state index >= 15 is 0 Å². The summed E-state index contributed by atoms with van der Waals surface area (Å²) < 4.78 is 7.15. The number of hydrogen-bond donors (Lipinski definition) is 1. The molecule has 1 saturated carbocycles. The fourth-order valence-corrected chi connectivity index (χ4v) is 2.38. The van der Waals surface area contributed by atoms with Gasteiger partial charge in [-0.15, -0.1) is 0 Å². The normalized spacial score (nSPS) is 17.8. The van der Waals surface area contributed by atoms with Gasteiger partial charge in [0.15, 0.2) is 0 Å². The third-order valence-corrected chi connectivity index (χ3v) is 3.66. The molecule has 1 unspecified atom stereocenters. The van der Waals surface area contributed by atoms with Crippen LogP contribution in [0.1, 0.15) is 45.2 Å². The first-order chi connectivity index (χ1) is 9.53. The minimum atomic E-state index is -0.570. The average Bonchev–Trinajstić information content (AvgIpc) is 3.10. The van der Waals surface area contributed by atoms with Crippen molar-refractivity contribution in [1.29, 1.82) is 0 Å². The summed E-state index contributed by atoms with van der Waals surface area (Å²) in [5.74, 6) is -0.136. The molecular formula is C15H25N3O2. The number of aryl methyl sites for hydroxylation is 2.